The molecule has 0 aliphatic rings. The summed E-state index contributed by atoms with van der Waals surface area (Å²) in [6, 6.07) is 3.77. The molecule has 0 saturated carbocycles. The third-order valence-electron chi connectivity index (χ3n) is 3.03. The lowest BCUT2D eigenvalue weighted by Crippen LogP contribution is -2.28. The van der Waals surface area contributed by atoms with Gasteiger partial charge in [-0.15, -0.1) is 0 Å². The Kier molecular flexibility index (Phi) is 5.02. The molecular formula is C15H11F3N2O4. The highest BCUT2D eigenvalue weighted by Crippen LogP contribution is 2.19. The van der Waals surface area contributed by atoms with Crippen LogP contribution in [0.3, 0.4) is 0 Å². The Labute approximate surface area is 133 Å². The van der Waals surface area contributed by atoms with Gasteiger partial charge in [0.05, 0.1) is 18.4 Å². The third-order valence-corrected chi connectivity index (χ3v) is 3.03. The highest BCUT2D eigenvalue weighted by atomic mass is 19.2. The molecule has 0 spiro atoms. The van der Waals surface area contributed by atoms with Crippen LogP contribution in [0.1, 0.15) is 10.4 Å². The molecule has 1 amide bonds. The van der Waals surface area contributed by atoms with Crippen LogP contribution in [0.4, 0.5) is 18.9 Å². The molecule has 9 heteroatoms. The number of methoxy groups -OCH3 is 1. The van der Waals surface area contributed by atoms with Gasteiger partial charge in [-0.3, -0.25) is 9.59 Å². The van der Waals surface area contributed by atoms with Crippen molar-refractivity contribution in [2.24, 2.45) is 0 Å². The summed E-state index contributed by atoms with van der Waals surface area (Å²) in [4.78, 5) is 34.9. The number of anilines is 1. The Hall–Kier alpha value is -3.10. The van der Waals surface area contributed by atoms with E-state index in [4.69, 9.17) is 0 Å². The van der Waals surface area contributed by atoms with Crippen LogP contribution in [0.5, 0.6) is 0 Å². The van der Waals surface area contributed by atoms with E-state index in [9.17, 15) is 27.6 Å². The number of esters is 1. The molecule has 2 rings (SSSR count). The first-order valence-electron chi connectivity index (χ1n) is 6.55. The maximum absolute atomic E-state index is 13.5. The van der Waals surface area contributed by atoms with E-state index in [1.165, 1.54) is 6.07 Å². The quantitative estimate of drug-likeness (QED) is 0.679. The summed E-state index contributed by atoms with van der Waals surface area (Å²) in [6.45, 7) is -0.567. The zero-order valence-corrected chi connectivity index (χ0v) is 12.3. The number of hydrogen-bond acceptors (Lipinski definition) is 4. The van der Waals surface area contributed by atoms with Gasteiger partial charge in [-0.1, -0.05) is 0 Å². The molecule has 1 N–H and O–H groups in total. The Morgan fingerprint density at radius 1 is 1.12 bits per heavy atom. The smallest absolute Gasteiger partial charge is 0.339 e. The average Bonchev–Trinajstić information content (AvgIpc) is 2.56. The molecule has 0 atom stereocenters. The Morgan fingerprint density at radius 3 is 2.50 bits per heavy atom. The number of carbonyl (C=O) groups excluding carboxylic acids is 2. The number of nitrogens with zero attached hydrogens (tertiary/aromatic N) is 1. The molecule has 0 bridgehead atoms. The molecule has 0 unspecified atom stereocenters. The van der Waals surface area contributed by atoms with Gasteiger partial charge in [0.2, 0.25) is 5.91 Å². The maximum atomic E-state index is 13.5. The number of aromatic nitrogens is 1. The number of ether oxygens (including phenoxy) is 1. The Morgan fingerprint density at radius 2 is 1.83 bits per heavy atom. The molecule has 0 aliphatic heterocycles. The standard InChI is InChI=1S/C15H11F3N2O4/c1-24-15(23)8-2-5-12(22)20(6-8)7-11(21)19-10-4-3-9(16)13(17)14(10)18/h2-6H,7H2,1H3,(H,19,21). The molecule has 0 radical (unpaired) electrons. The van der Waals surface area contributed by atoms with Gasteiger partial charge >= 0.3 is 5.97 Å². The van der Waals surface area contributed by atoms with Crippen molar-refractivity contribution in [3.63, 3.8) is 0 Å². The number of pyridine rings is 1. The normalized spacial score (nSPS) is 10.3. The first kappa shape index (κ1) is 17.3. The van der Waals surface area contributed by atoms with Crippen LogP contribution < -0.4 is 10.9 Å². The van der Waals surface area contributed by atoms with Gasteiger partial charge < -0.3 is 14.6 Å². The van der Waals surface area contributed by atoms with Gasteiger partial charge in [0, 0.05) is 12.3 Å². The highest BCUT2D eigenvalue weighted by Gasteiger charge is 2.16. The van der Waals surface area contributed by atoms with Gasteiger partial charge in [0.1, 0.15) is 6.54 Å². The molecule has 1 aromatic heterocycles. The first-order valence-corrected chi connectivity index (χ1v) is 6.55. The van der Waals surface area contributed by atoms with Gasteiger partial charge in [-0.05, 0) is 18.2 Å². The second-order valence-electron chi connectivity index (χ2n) is 4.65. The third kappa shape index (κ3) is 3.62. The SMILES string of the molecule is COC(=O)c1ccc(=O)n(CC(=O)Nc2ccc(F)c(F)c2F)c1. The van der Waals surface area contributed by atoms with Gasteiger partial charge in [0.15, 0.2) is 17.5 Å². The lowest BCUT2D eigenvalue weighted by atomic mass is 10.2. The minimum Gasteiger partial charge on any atom is -0.465 e. The van der Waals surface area contributed by atoms with E-state index in [1.807, 2.05) is 5.32 Å². The monoisotopic (exact) mass is 340 g/mol. The number of halogens is 3. The summed E-state index contributed by atoms with van der Waals surface area (Å²) < 4.78 is 44.8. The van der Waals surface area contributed by atoms with E-state index in [-0.39, 0.29) is 5.56 Å². The van der Waals surface area contributed by atoms with Crippen molar-refractivity contribution in [1.82, 2.24) is 4.57 Å². The Bertz CT molecular complexity index is 864. The van der Waals surface area contributed by atoms with Crippen LogP contribution in [0.15, 0.2) is 35.3 Å². The van der Waals surface area contributed by atoms with Gasteiger partial charge in [0.25, 0.3) is 5.56 Å². The van der Waals surface area contributed by atoms with E-state index >= 15 is 0 Å². The fraction of sp³-hybridized carbons (Fsp3) is 0.133. The molecule has 24 heavy (non-hydrogen) atoms. The maximum Gasteiger partial charge on any atom is 0.339 e. The van der Waals surface area contributed by atoms with E-state index in [0.29, 0.717) is 6.07 Å². The molecule has 1 aromatic carbocycles. The second-order valence-corrected chi connectivity index (χ2v) is 4.65. The molecule has 0 fully saturated rings. The lowest BCUT2D eigenvalue weighted by Gasteiger charge is -2.09. The van der Waals surface area contributed by atoms with Crippen molar-refractivity contribution in [2.45, 2.75) is 6.54 Å². The van der Waals surface area contributed by atoms with Crippen LogP contribution in [0.2, 0.25) is 0 Å². The van der Waals surface area contributed by atoms with Crippen molar-refractivity contribution in [2.75, 3.05) is 12.4 Å². The zero-order valence-electron chi connectivity index (χ0n) is 12.3. The summed E-state index contributed by atoms with van der Waals surface area (Å²) in [5.74, 6) is -6.26. The molecule has 0 saturated heterocycles. The summed E-state index contributed by atoms with van der Waals surface area (Å²) in [6.07, 6.45) is 1.09. The minimum absolute atomic E-state index is 0.0314. The van der Waals surface area contributed by atoms with Crippen molar-refractivity contribution in [1.29, 1.82) is 0 Å². The van der Waals surface area contributed by atoms with Crippen LogP contribution in [0, 0.1) is 17.5 Å². The molecule has 2 aromatic rings. The fourth-order valence-corrected chi connectivity index (χ4v) is 1.86. The molecular weight excluding hydrogens is 329 g/mol. The second kappa shape index (κ2) is 6.99. The predicted molar refractivity (Wildman–Crippen MR) is 77.0 cm³/mol. The van der Waals surface area contributed by atoms with E-state index < -0.39 is 47.1 Å². The largest absolute Gasteiger partial charge is 0.465 e. The van der Waals surface area contributed by atoms with Crippen molar-refractivity contribution in [3.05, 3.63) is 63.8 Å². The van der Waals surface area contributed by atoms with Crippen LogP contribution in [0.25, 0.3) is 0 Å². The summed E-state index contributed by atoms with van der Waals surface area (Å²) in [7, 11) is 1.15. The van der Waals surface area contributed by atoms with E-state index in [2.05, 4.69) is 4.74 Å². The van der Waals surface area contributed by atoms with Crippen molar-refractivity contribution in [3.8, 4) is 0 Å². The molecule has 126 valence electrons. The Balaban J connectivity index is 2.20. The summed E-state index contributed by atoms with van der Waals surface area (Å²) in [5, 5.41) is 2.02. The van der Waals surface area contributed by atoms with Crippen LogP contribution in [-0.2, 0) is 16.1 Å². The molecule has 6 nitrogen and oxygen atoms in total. The number of rotatable bonds is 4. The molecule has 1 heterocycles. The molecule has 0 aliphatic carbocycles. The number of nitrogens with one attached hydrogen (secondary N) is 1. The lowest BCUT2D eigenvalue weighted by molar-refractivity contribution is -0.116. The topological polar surface area (TPSA) is 77.4 Å². The van der Waals surface area contributed by atoms with Crippen LogP contribution >= 0.6 is 0 Å². The van der Waals surface area contributed by atoms with Crippen LogP contribution in [-0.4, -0.2) is 23.6 Å². The summed E-state index contributed by atoms with van der Waals surface area (Å²) >= 11 is 0. The van der Waals surface area contributed by atoms with Crippen molar-refractivity contribution < 1.29 is 27.5 Å². The highest BCUT2D eigenvalue weighted by molar-refractivity contribution is 5.91. The van der Waals surface area contributed by atoms with Gasteiger partial charge in [-0.25, -0.2) is 18.0 Å². The number of carbonyl (C=O) groups is 2. The number of benzene rings is 1. The van der Waals surface area contributed by atoms with Gasteiger partial charge in [-0.2, -0.15) is 0 Å². The average molecular weight is 340 g/mol. The van der Waals surface area contributed by atoms with E-state index in [0.717, 1.165) is 30.0 Å². The predicted octanol–water partition coefficient (Wildman–Crippen LogP) is 1.69. The van der Waals surface area contributed by atoms with Crippen molar-refractivity contribution >= 4 is 17.6 Å². The number of amides is 1. The van der Waals surface area contributed by atoms with E-state index in [1.54, 1.807) is 0 Å². The minimum atomic E-state index is -1.72. The first-order chi connectivity index (χ1) is 11.3. The summed E-state index contributed by atoms with van der Waals surface area (Å²) in [5.41, 5.74) is -1.14. The fourth-order valence-electron chi connectivity index (χ4n) is 1.86. The number of hydrogen-bond donors (Lipinski definition) is 1. The zero-order chi connectivity index (χ0) is 17.9.